The lowest BCUT2D eigenvalue weighted by Crippen LogP contribution is -2.32. The van der Waals surface area contributed by atoms with E-state index in [1.165, 1.54) is 5.56 Å². The molecule has 4 nitrogen and oxygen atoms in total. The molecular weight excluding hydrogens is 278 g/mol. The quantitative estimate of drug-likeness (QED) is 0.841. The van der Waals surface area contributed by atoms with Crippen LogP contribution in [0.5, 0.6) is 0 Å². The van der Waals surface area contributed by atoms with Crippen LogP contribution in [0.1, 0.15) is 51.7 Å². The summed E-state index contributed by atoms with van der Waals surface area (Å²) in [6.07, 6.45) is 1.11. The Labute approximate surface area is 133 Å². The first-order valence-electron chi connectivity index (χ1n) is 7.83. The number of benzene rings is 1. The van der Waals surface area contributed by atoms with Crippen molar-refractivity contribution in [1.82, 2.24) is 4.90 Å². The molecule has 122 valence electrons. The van der Waals surface area contributed by atoms with Crippen molar-refractivity contribution in [1.29, 1.82) is 0 Å². The summed E-state index contributed by atoms with van der Waals surface area (Å²) in [7, 11) is 0. The van der Waals surface area contributed by atoms with Crippen LogP contribution in [0.3, 0.4) is 0 Å². The van der Waals surface area contributed by atoms with Gasteiger partial charge in [0.05, 0.1) is 6.42 Å². The van der Waals surface area contributed by atoms with E-state index in [9.17, 15) is 9.59 Å². The summed E-state index contributed by atoms with van der Waals surface area (Å²) in [6.45, 7) is 9.23. The molecule has 0 bridgehead atoms. The fourth-order valence-corrected chi connectivity index (χ4v) is 2.27. The van der Waals surface area contributed by atoms with Crippen LogP contribution < -0.4 is 0 Å². The largest absolute Gasteiger partial charge is 0.481 e. The molecule has 4 heteroatoms. The first kappa shape index (κ1) is 18.2. The van der Waals surface area contributed by atoms with Crippen LogP contribution in [0.15, 0.2) is 24.3 Å². The predicted molar refractivity (Wildman–Crippen MR) is 88.0 cm³/mol. The molecule has 1 aromatic carbocycles. The van der Waals surface area contributed by atoms with E-state index >= 15 is 0 Å². The number of aryl methyl sites for hydroxylation is 1. The minimum atomic E-state index is -0.871. The smallest absolute Gasteiger partial charge is 0.305 e. The number of carbonyl (C=O) groups excluding carboxylic acids is 1. The molecule has 0 aliphatic heterocycles. The van der Waals surface area contributed by atoms with Crippen molar-refractivity contribution in [2.24, 2.45) is 0 Å². The maximum absolute atomic E-state index is 12.1. The summed E-state index contributed by atoms with van der Waals surface area (Å²) in [5.41, 5.74) is 2.54. The first-order valence-corrected chi connectivity index (χ1v) is 7.83. The van der Waals surface area contributed by atoms with Crippen LogP contribution in [0.25, 0.3) is 0 Å². The third-order valence-corrected chi connectivity index (χ3v) is 3.78. The second-order valence-corrected chi connectivity index (χ2v) is 6.56. The van der Waals surface area contributed by atoms with E-state index in [4.69, 9.17) is 5.11 Å². The van der Waals surface area contributed by atoms with Crippen molar-refractivity contribution in [2.75, 3.05) is 13.1 Å². The van der Waals surface area contributed by atoms with Crippen molar-refractivity contribution in [3.05, 3.63) is 35.4 Å². The zero-order chi connectivity index (χ0) is 16.8. The SMILES string of the molecule is CCN(CCC(=O)O)C(=O)CCc1ccc(C(C)(C)C)cc1. The van der Waals surface area contributed by atoms with Gasteiger partial charge in [0.15, 0.2) is 0 Å². The van der Waals surface area contributed by atoms with Gasteiger partial charge in [-0.15, -0.1) is 0 Å². The Morgan fingerprint density at radius 3 is 2.14 bits per heavy atom. The van der Waals surface area contributed by atoms with Crippen LogP contribution in [-0.4, -0.2) is 35.0 Å². The van der Waals surface area contributed by atoms with E-state index in [1.807, 2.05) is 6.92 Å². The van der Waals surface area contributed by atoms with E-state index in [-0.39, 0.29) is 24.3 Å². The number of hydrogen-bond acceptors (Lipinski definition) is 2. The maximum atomic E-state index is 12.1. The van der Waals surface area contributed by atoms with Gasteiger partial charge < -0.3 is 10.0 Å². The standard InChI is InChI=1S/C18H27NO3/c1-5-19(13-12-17(21)22)16(20)11-8-14-6-9-15(10-7-14)18(2,3)4/h6-7,9-10H,5,8,11-13H2,1-4H3,(H,21,22). The molecule has 22 heavy (non-hydrogen) atoms. The molecule has 0 aromatic heterocycles. The Balaban J connectivity index is 2.54. The number of hydrogen-bond donors (Lipinski definition) is 1. The molecule has 0 spiro atoms. The summed E-state index contributed by atoms with van der Waals surface area (Å²) in [5.74, 6) is -0.854. The van der Waals surface area contributed by atoms with Gasteiger partial charge in [0.2, 0.25) is 5.91 Å². The molecule has 0 heterocycles. The van der Waals surface area contributed by atoms with Gasteiger partial charge >= 0.3 is 5.97 Å². The number of aliphatic carboxylic acids is 1. The van der Waals surface area contributed by atoms with Gasteiger partial charge in [-0.1, -0.05) is 45.0 Å². The average Bonchev–Trinajstić information content (AvgIpc) is 2.45. The number of nitrogens with zero attached hydrogens (tertiary/aromatic N) is 1. The summed E-state index contributed by atoms with van der Waals surface area (Å²) in [5, 5.41) is 8.70. The predicted octanol–water partition coefficient (Wildman–Crippen LogP) is 3.24. The van der Waals surface area contributed by atoms with E-state index < -0.39 is 5.97 Å². The van der Waals surface area contributed by atoms with Crippen LogP contribution in [-0.2, 0) is 21.4 Å². The van der Waals surface area contributed by atoms with Gasteiger partial charge in [0, 0.05) is 19.5 Å². The highest BCUT2D eigenvalue weighted by atomic mass is 16.4. The van der Waals surface area contributed by atoms with Crippen molar-refractivity contribution < 1.29 is 14.7 Å². The van der Waals surface area contributed by atoms with Gasteiger partial charge in [-0.25, -0.2) is 0 Å². The van der Waals surface area contributed by atoms with Gasteiger partial charge in [0.25, 0.3) is 0 Å². The number of amides is 1. The summed E-state index contributed by atoms with van der Waals surface area (Å²) >= 11 is 0. The Bertz CT molecular complexity index is 500. The summed E-state index contributed by atoms with van der Waals surface area (Å²) in [4.78, 5) is 24.3. The minimum Gasteiger partial charge on any atom is -0.481 e. The molecule has 1 rings (SSSR count). The molecule has 0 atom stereocenters. The molecule has 1 aromatic rings. The van der Waals surface area contributed by atoms with Crippen molar-refractivity contribution in [3.8, 4) is 0 Å². The van der Waals surface area contributed by atoms with Crippen LogP contribution in [0.2, 0.25) is 0 Å². The normalized spacial score (nSPS) is 11.3. The molecule has 1 N–H and O–H groups in total. The van der Waals surface area contributed by atoms with Gasteiger partial charge in [-0.2, -0.15) is 0 Å². The third kappa shape index (κ3) is 5.88. The Morgan fingerprint density at radius 2 is 1.68 bits per heavy atom. The van der Waals surface area contributed by atoms with E-state index in [0.717, 1.165) is 5.56 Å². The Morgan fingerprint density at radius 1 is 1.09 bits per heavy atom. The van der Waals surface area contributed by atoms with Crippen LogP contribution in [0.4, 0.5) is 0 Å². The summed E-state index contributed by atoms with van der Waals surface area (Å²) < 4.78 is 0. The lowest BCUT2D eigenvalue weighted by molar-refractivity contribution is -0.138. The fourth-order valence-electron chi connectivity index (χ4n) is 2.27. The van der Waals surface area contributed by atoms with Crippen LogP contribution >= 0.6 is 0 Å². The minimum absolute atomic E-state index is 0.000139. The molecule has 0 fully saturated rings. The highest BCUT2D eigenvalue weighted by Crippen LogP contribution is 2.22. The van der Waals surface area contributed by atoms with Gasteiger partial charge in [0.1, 0.15) is 0 Å². The monoisotopic (exact) mass is 305 g/mol. The number of carboxylic acid groups (broad SMARTS) is 1. The molecule has 0 unspecified atom stereocenters. The van der Waals surface area contributed by atoms with Gasteiger partial charge in [-0.3, -0.25) is 9.59 Å². The zero-order valence-corrected chi connectivity index (χ0v) is 14.1. The fraction of sp³-hybridized carbons (Fsp3) is 0.556. The second kappa shape index (κ2) is 7.97. The number of rotatable bonds is 7. The zero-order valence-electron chi connectivity index (χ0n) is 14.1. The van der Waals surface area contributed by atoms with Crippen LogP contribution in [0, 0.1) is 0 Å². The molecule has 0 saturated carbocycles. The number of carboxylic acids is 1. The number of carbonyl (C=O) groups is 2. The Hall–Kier alpha value is -1.84. The molecular formula is C18H27NO3. The van der Waals surface area contributed by atoms with E-state index in [1.54, 1.807) is 4.90 Å². The summed E-state index contributed by atoms with van der Waals surface area (Å²) in [6, 6.07) is 8.37. The highest BCUT2D eigenvalue weighted by Gasteiger charge is 2.14. The Kier molecular flexibility index (Phi) is 6.60. The van der Waals surface area contributed by atoms with Crippen molar-refractivity contribution in [2.45, 2.75) is 52.4 Å². The van der Waals surface area contributed by atoms with E-state index in [0.29, 0.717) is 19.4 Å². The maximum Gasteiger partial charge on any atom is 0.305 e. The first-order chi connectivity index (χ1) is 10.2. The molecule has 0 aliphatic carbocycles. The topological polar surface area (TPSA) is 57.6 Å². The van der Waals surface area contributed by atoms with Crippen molar-refractivity contribution in [3.63, 3.8) is 0 Å². The average molecular weight is 305 g/mol. The van der Waals surface area contributed by atoms with Crippen molar-refractivity contribution >= 4 is 11.9 Å². The van der Waals surface area contributed by atoms with Gasteiger partial charge in [-0.05, 0) is 29.9 Å². The lowest BCUT2D eigenvalue weighted by atomic mass is 9.86. The molecule has 0 aliphatic rings. The van der Waals surface area contributed by atoms with E-state index in [2.05, 4.69) is 45.0 Å². The third-order valence-electron chi connectivity index (χ3n) is 3.78. The lowest BCUT2D eigenvalue weighted by Gasteiger charge is -2.20. The second-order valence-electron chi connectivity index (χ2n) is 6.56. The molecule has 0 radical (unpaired) electrons. The highest BCUT2D eigenvalue weighted by molar-refractivity contribution is 5.77. The molecule has 0 saturated heterocycles. The molecule has 1 amide bonds.